The highest BCUT2D eigenvalue weighted by Gasteiger charge is 2.62. The molecule has 402 valence electrons. The fourth-order valence-electron chi connectivity index (χ4n) is 11.4. The fraction of sp³-hybridized carbons (Fsp3) is 0.948. The number of hydrogen-bond donors (Lipinski definition) is 1. The molecule has 0 aromatic rings. The third-order valence-electron chi connectivity index (χ3n) is 16.2. The first-order valence-corrected chi connectivity index (χ1v) is 31.1. The van der Waals surface area contributed by atoms with Crippen molar-refractivity contribution in [1.82, 2.24) is 9.62 Å². The maximum atomic E-state index is 13.5. The summed E-state index contributed by atoms with van der Waals surface area (Å²) in [5.41, 5.74) is -1.04. The summed E-state index contributed by atoms with van der Waals surface area (Å²) in [6.07, 6.45) is 41.8. The van der Waals surface area contributed by atoms with Gasteiger partial charge in [-0.15, -0.1) is 0 Å². The number of unbranched alkanes of at least 4 members (excludes halogenated alkanes) is 23. The molecular weight excluding hydrogens is 869 g/mol. The van der Waals surface area contributed by atoms with Crippen LogP contribution >= 0.6 is 0 Å². The maximum absolute atomic E-state index is 13.5. The van der Waals surface area contributed by atoms with Gasteiger partial charge in [0.25, 0.3) is 0 Å². The Morgan fingerprint density at radius 2 is 1.00 bits per heavy atom. The summed E-state index contributed by atoms with van der Waals surface area (Å²) < 4.78 is 41.8. The van der Waals surface area contributed by atoms with E-state index >= 15 is 0 Å². The molecule has 0 spiro atoms. The van der Waals surface area contributed by atoms with Crippen LogP contribution in [-0.4, -0.2) is 75.2 Å². The summed E-state index contributed by atoms with van der Waals surface area (Å²) in [5.74, 6) is 0.421. The highest BCUT2D eigenvalue weighted by molar-refractivity contribution is 7.89. The average Bonchev–Trinajstić information content (AvgIpc) is 3.43. The smallest absolute Gasteiger partial charge is 0.306 e. The minimum Gasteiger partial charge on any atom is -0.462 e. The number of sulfonamides is 1. The molecule has 2 rings (SSSR count). The van der Waals surface area contributed by atoms with Crippen molar-refractivity contribution in [3.8, 4) is 0 Å². The summed E-state index contributed by atoms with van der Waals surface area (Å²) >= 11 is 0. The van der Waals surface area contributed by atoms with E-state index in [0.717, 1.165) is 148 Å². The van der Waals surface area contributed by atoms with Crippen molar-refractivity contribution in [2.24, 2.45) is 16.7 Å². The highest BCUT2D eigenvalue weighted by Crippen LogP contribution is 2.62. The van der Waals surface area contributed by atoms with Gasteiger partial charge in [0, 0.05) is 32.6 Å². The van der Waals surface area contributed by atoms with Crippen molar-refractivity contribution in [1.29, 1.82) is 0 Å². The summed E-state index contributed by atoms with van der Waals surface area (Å²) in [6.45, 7) is 16.3. The third-order valence-corrected chi connectivity index (χ3v) is 17.8. The van der Waals surface area contributed by atoms with Gasteiger partial charge in [-0.2, -0.15) is 0 Å². The highest BCUT2D eigenvalue weighted by atomic mass is 32.2. The summed E-state index contributed by atoms with van der Waals surface area (Å²) in [6, 6.07) is 0. The zero-order valence-corrected chi connectivity index (χ0v) is 46.4. The van der Waals surface area contributed by atoms with Crippen molar-refractivity contribution in [2.75, 3.05) is 31.9 Å². The fourth-order valence-corrected chi connectivity index (χ4v) is 13.3. The van der Waals surface area contributed by atoms with Crippen LogP contribution in [0, 0.1) is 16.7 Å². The molecule has 2 saturated carbocycles. The molecule has 2 bridgehead atoms. The predicted molar refractivity (Wildman–Crippen MR) is 288 cm³/mol. The Kier molecular flexibility index (Phi) is 35.1. The minimum absolute atomic E-state index is 0. The Labute approximate surface area is 422 Å². The Morgan fingerprint density at radius 1 is 0.588 bits per heavy atom. The Morgan fingerprint density at radius 3 is 1.49 bits per heavy atom. The summed E-state index contributed by atoms with van der Waals surface area (Å²) in [7, 11) is -3.60. The van der Waals surface area contributed by atoms with Gasteiger partial charge in [-0.1, -0.05) is 176 Å². The quantitative estimate of drug-likeness (QED) is 0.0473. The van der Waals surface area contributed by atoms with Crippen LogP contribution < -0.4 is 4.72 Å². The number of Topliss-reactive ketones (excluding diaryl/α,β-unsaturated/α-hetero) is 1. The van der Waals surface area contributed by atoms with Crippen LogP contribution in [0.15, 0.2) is 0 Å². The molecule has 0 radical (unpaired) electrons. The monoisotopic (exact) mass is 981 g/mol. The molecule has 2 aliphatic carbocycles. The number of ether oxygens (including phenoxy) is 2. The number of hydrogen-bond acceptors (Lipinski definition) is 8. The van der Waals surface area contributed by atoms with Gasteiger partial charge in [-0.05, 0) is 127 Å². The molecule has 1 N–H and O–H groups in total. The molecule has 0 heterocycles. The van der Waals surface area contributed by atoms with Crippen LogP contribution in [0.1, 0.15) is 293 Å². The second kappa shape index (κ2) is 38.1. The van der Waals surface area contributed by atoms with E-state index in [0.29, 0.717) is 38.1 Å². The number of carbonyl (C=O) groups excluding carboxylic acids is 3. The van der Waals surface area contributed by atoms with Crippen molar-refractivity contribution in [3.05, 3.63) is 0 Å². The van der Waals surface area contributed by atoms with E-state index in [9.17, 15) is 22.8 Å². The first-order chi connectivity index (χ1) is 32.8. The first kappa shape index (κ1) is 62.6. The third kappa shape index (κ3) is 26.8. The molecule has 0 saturated heterocycles. The van der Waals surface area contributed by atoms with Crippen molar-refractivity contribution in [3.63, 3.8) is 0 Å². The maximum Gasteiger partial charge on any atom is 0.306 e. The van der Waals surface area contributed by atoms with Crippen molar-refractivity contribution in [2.45, 2.75) is 304 Å². The number of ketones is 1. The van der Waals surface area contributed by atoms with Crippen LogP contribution in [-0.2, 0) is 33.9 Å². The molecule has 68 heavy (non-hydrogen) atoms. The molecule has 9 nitrogen and oxygen atoms in total. The van der Waals surface area contributed by atoms with Gasteiger partial charge in [-0.3, -0.25) is 14.4 Å². The molecule has 10 heteroatoms. The lowest BCUT2D eigenvalue weighted by molar-refractivity contribution is -0.150. The molecule has 2 fully saturated rings. The standard InChI is InChI=1S/C58H110N2O7S.H2/c1-7-11-14-17-22-29-37-52(10-4)66-55(62)40-32-25-20-27-34-47-60(49-36-46-59-68(64,65)50-58-45-44-51(57(58,5)6)42-43-54(58)61)48-35-28-21-26-33-41-56(63)67-53(38-30-23-18-15-12-8-2)39-31-24-19-16-13-9-3;/h51-53,59H,7-50H2,1-6H3;1H. The Hall–Kier alpha value is -1.52. The van der Waals surface area contributed by atoms with Gasteiger partial charge in [0.1, 0.15) is 18.0 Å². The first-order valence-electron chi connectivity index (χ1n) is 29.5. The van der Waals surface area contributed by atoms with Gasteiger partial charge in [0.15, 0.2) is 0 Å². The van der Waals surface area contributed by atoms with E-state index in [2.05, 4.69) is 51.2 Å². The SMILES string of the molecule is CCCCCCCCC(CC)OC(=O)CCCCCCCN(CCCCCCCC(=O)OC(CCCCCCCC)CCCCCCCC)CCCNS(=O)(=O)CC12CCC(CCC1=O)C2(C)C.[HH]. The molecule has 2 aliphatic rings. The van der Waals surface area contributed by atoms with Gasteiger partial charge < -0.3 is 14.4 Å². The van der Waals surface area contributed by atoms with E-state index < -0.39 is 15.4 Å². The molecular formula is C58H112N2O7S. The lowest BCUT2D eigenvalue weighted by Gasteiger charge is -2.46. The minimum atomic E-state index is -3.60. The normalized spacial score (nSPS) is 18.5. The van der Waals surface area contributed by atoms with Crippen LogP contribution in [0.25, 0.3) is 0 Å². The molecule has 0 aromatic carbocycles. The van der Waals surface area contributed by atoms with Gasteiger partial charge in [-0.25, -0.2) is 13.1 Å². The van der Waals surface area contributed by atoms with Crippen LogP contribution in [0.4, 0.5) is 0 Å². The van der Waals surface area contributed by atoms with E-state index in [-0.39, 0.29) is 42.5 Å². The van der Waals surface area contributed by atoms with Gasteiger partial charge in [0.2, 0.25) is 10.0 Å². The number of rotatable bonds is 47. The number of carbonyl (C=O) groups is 3. The predicted octanol–water partition coefficient (Wildman–Crippen LogP) is 15.8. The summed E-state index contributed by atoms with van der Waals surface area (Å²) in [5, 5.41) is 0. The molecule has 0 amide bonds. The molecule has 3 atom stereocenters. The van der Waals surface area contributed by atoms with E-state index in [4.69, 9.17) is 9.47 Å². The van der Waals surface area contributed by atoms with Crippen LogP contribution in [0.2, 0.25) is 0 Å². The number of fused-ring (bicyclic) bond motifs is 2. The largest absolute Gasteiger partial charge is 0.462 e. The second-order valence-corrected chi connectivity index (χ2v) is 24.0. The summed E-state index contributed by atoms with van der Waals surface area (Å²) in [4.78, 5) is 41.3. The zero-order valence-electron chi connectivity index (χ0n) is 45.6. The average molecular weight is 982 g/mol. The lowest BCUT2D eigenvalue weighted by Crippen LogP contribution is -2.52. The Bertz CT molecular complexity index is 1400. The van der Waals surface area contributed by atoms with E-state index in [1.54, 1.807) is 0 Å². The van der Waals surface area contributed by atoms with Crippen LogP contribution in [0.5, 0.6) is 0 Å². The van der Waals surface area contributed by atoms with Gasteiger partial charge in [0.05, 0.1) is 5.75 Å². The lowest BCUT2D eigenvalue weighted by atomic mass is 9.58. The topological polar surface area (TPSA) is 119 Å². The van der Waals surface area contributed by atoms with E-state index in [1.807, 2.05) is 0 Å². The zero-order chi connectivity index (χ0) is 49.8. The Balaban J connectivity index is 0.0000238. The van der Waals surface area contributed by atoms with Crippen molar-refractivity contribution < 1.29 is 33.7 Å². The molecule has 0 aromatic heterocycles. The number of nitrogens with one attached hydrogen (secondary N) is 1. The van der Waals surface area contributed by atoms with Gasteiger partial charge >= 0.3 is 11.9 Å². The number of esters is 2. The van der Waals surface area contributed by atoms with Crippen LogP contribution in [0.3, 0.4) is 0 Å². The number of nitrogens with zero attached hydrogens (tertiary/aromatic N) is 1. The second-order valence-electron chi connectivity index (χ2n) is 22.2. The van der Waals surface area contributed by atoms with Crippen molar-refractivity contribution >= 4 is 27.7 Å². The molecule has 3 unspecified atom stereocenters. The molecule has 0 aliphatic heterocycles. The van der Waals surface area contributed by atoms with E-state index in [1.165, 1.54) is 96.3 Å².